The molecule has 0 saturated heterocycles. The molecule has 120 valence electrons. The van der Waals surface area contributed by atoms with Crippen molar-refractivity contribution in [1.82, 2.24) is 0 Å². The molecule has 0 amide bonds. The van der Waals surface area contributed by atoms with Crippen LogP contribution in [0.25, 0.3) is 0 Å². The molecule has 3 heteroatoms. The zero-order valence-electron chi connectivity index (χ0n) is 13.3. The van der Waals surface area contributed by atoms with Gasteiger partial charge in [0.05, 0.1) is 6.04 Å². The molecule has 1 fully saturated rings. The van der Waals surface area contributed by atoms with E-state index in [1.165, 1.54) is 9.13 Å². The number of benzene rings is 2. The van der Waals surface area contributed by atoms with E-state index in [0.717, 1.165) is 18.5 Å². The Morgan fingerprint density at radius 3 is 2.48 bits per heavy atom. The minimum Gasteiger partial charge on any atom is -0.378 e. The quantitative estimate of drug-likeness (QED) is 0.668. The SMILES string of the molecule is CC1CCC(=O)C(C(Nc2ccc(I)cc2)c2ccccc2)C1. The van der Waals surface area contributed by atoms with Gasteiger partial charge in [0.2, 0.25) is 0 Å². The van der Waals surface area contributed by atoms with Gasteiger partial charge in [-0.1, -0.05) is 37.3 Å². The zero-order chi connectivity index (χ0) is 16.2. The Morgan fingerprint density at radius 1 is 1.09 bits per heavy atom. The first kappa shape index (κ1) is 16.5. The van der Waals surface area contributed by atoms with E-state index in [1.54, 1.807) is 0 Å². The molecule has 23 heavy (non-hydrogen) atoms. The van der Waals surface area contributed by atoms with Gasteiger partial charge < -0.3 is 5.32 Å². The van der Waals surface area contributed by atoms with Crippen LogP contribution in [0.3, 0.4) is 0 Å². The maximum absolute atomic E-state index is 12.6. The van der Waals surface area contributed by atoms with Crippen LogP contribution in [0.15, 0.2) is 54.6 Å². The lowest BCUT2D eigenvalue weighted by Gasteiger charge is -2.33. The van der Waals surface area contributed by atoms with Gasteiger partial charge in [-0.05, 0) is 71.2 Å². The number of hydrogen-bond donors (Lipinski definition) is 1. The standard InChI is InChI=1S/C20H22INO/c1-14-7-12-19(23)18(13-14)20(15-5-3-2-4-6-15)22-17-10-8-16(21)9-11-17/h2-6,8-11,14,18,20,22H,7,12-13H2,1H3. The highest BCUT2D eigenvalue weighted by Gasteiger charge is 2.33. The number of ketones is 1. The van der Waals surface area contributed by atoms with E-state index in [2.05, 4.69) is 83.4 Å². The van der Waals surface area contributed by atoms with E-state index in [-0.39, 0.29) is 12.0 Å². The monoisotopic (exact) mass is 419 g/mol. The van der Waals surface area contributed by atoms with Crippen molar-refractivity contribution in [3.63, 3.8) is 0 Å². The highest BCUT2D eigenvalue weighted by molar-refractivity contribution is 14.1. The second-order valence-corrected chi connectivity index (χ2v) is 7.74. The Bertz CT molecular complexity index is 653. The summed E-state index contributed by atoms with van der Waals surface area (Å²) in [7, 11) is 0. The molecule has 0 aromatic heterocycles. The van der Waals surface area contributed by atoms with Crippen LogP contribution < -0.4 is 5.32 Å². The Balaban J connectivity index is 1.90. The predicted molar refractivity (Wildman–Crippen MR) is 103 cm³/mol. The fourth-order valence-electron chi connectivity index (χ4n) is 3.38. The molecule has 1 saturated carbocycles. The summed E-state index contributed by atoms with van der Waals surface area (Å²) in [4.78, 5) is 12.6. The zero-order valence-corrected chi connectivity index (χ0v) is 15.5. The maximum Gasteiger partial charge on any atom is 0.138 e. The molecule has 3 atom stereocenters. The molecule has 0 bridgehead atoms. The summed E-state index contributed by atoms with van der Waals surface area (Å²) in [6, 6.07) is 18.8. The number of halogens is 1. The lowest BCUT2D eigenvalue weighted by Crippen LogP contribution is -2.32. The first-order valence-corrected chi connectivity index (χ1v) is 9.31. The van der Waals surface area contributed by atoms with Crippen molar-refractivity contribution < 1.29 is 4.79 Å². The summed E-state index contributed by atoms with van der Waals surface area (Å²) < 4.78 is 1.21. The van der Waals surface area contributed by atoms with Gasteiger partial charge in [-0.25, -0.2) is 0 Å². The van der Waals surface area contributed by atoms with Gasteiger partial charge in [0, 0.05) is 21.6 Å². The third-order valence-corrected chi connectivity index (χ3v) is 5.40. The van der Waals surface area contributed by atoms with Crippen molar-refractivity contribution in [2.24, 2.45) is 11.8 Å². The summed E-state index contributed by atoms with van der Waals surface area (Å²) in [5.41, 5.74) is 2.27. The Morgan fingerprint density at radius 2 is 1.78 bits per heavy atom. The molecule has 0 spiro atoms. The average Bonchev–Trinajstić information content (AvgIpc) is 2.57. The third-order valence-electron chi connectivity index (χ3n) is 4.68. The maximum atomic E-state index is 12.6. The van der Waals surface area contributed by atoms with Crippen molar-refractivity contribution in [2.45, 2.75) is 32.2 Å². The molecule has 2 nitrogen and oxygen atoms in total. The Hall–Kier alpha value is -1.36. The van der Waals surface area contributed by atoms with E-state index in [1.807, 2.05) is 6.07 Å². The topological polar surface area (TPSA) is 29.1 Å². The molecule has 1 N–H and O–H groups in total. The van der Waals surface area contributed by atoms with E-state index >= 15 is 0 Å². The largest absolute Gasteiger partial charge is 0.378 e. The van der Waals surface area contributed by atoms with Gasteiger partial charge in [-0.15, -0.1) is 0 Å². The van der Waals surface area contributed by atoms with Gasteiger partial charge in [0.15, 0.2) is 0 Å². The van der Waals surface area contributed by atoms with Crippen LogP contribution >= 0.6 is 22.6 Å². The van der Waals surface area contributed by atoms with Gasteiger partial charge in [-0.2, -0.15) is 0 Å². The summed E-state index contributed by atoms with van der Waals surface area (Å²) in [5, 5.41) is 3.62. The van der Waals surface area contributed by atoms with Gasteiger partial charge >= 0.3 is 0 Å². The molecule has 1 aliphatic carbocycles. The molecule has 2 aromatic carbocycles. The van der Waals surface area contributed by atoms with E-state index < -0.39 is 0 Å². The van der Waals surface area contributed by atoms with Gasteiger partial charge in [0.1, 0.15) is 5.78 Å². The van der Waals surface area contributed by atoms with Crippen molar-refractivity contribution in [1.29, 1.82) is 0 Å². The second kappa shape index (κ2) is 7.47. The number of carbonyl (C=O) groups is 1. The van der Waals surface area contributed by atoms with E-state index in [4.69, 9.17) is 0 Å². The molecular weight excluding hydrogens is 397 g/mol. The lowest BCUT2D eigenvalue weighted by atomic mass is 9.75. The van der Waals surface area contributed by atoms with Crippen LogP contribution in [-0.4, -0.2) is 5.78 Å². The molecule has 3 rings (SSSR count). The highest BCUT2D eigenvalue weighted by atomic mass is 127. The smallest absolute Gasteiger partial charge is 0.138 e. The first-order valence-electron chi connectivity index (χ1n) is 8.23. The molecular formula is C20H22INO. The summed E-state index contributed by atoms with van der Waals surface area (Å²) in [6.45, 7) is 2.26. The summed E-state index contributed by atoms with van der Waals surface area (Å²) in [5.74, 6) is 1.07. The number of Topliss-reactive ketones (excluding diaryl/α,β-unsaturated/α-hetero) is 1. The highest BCUT2D eigenvalue weighted by Crippen LogP contribution is 2.37. The van der Waals surface area contributed by atoms with Crippen LogP contribution in [0.2, 0.25) is 0 Å². The number of carbonyl (C=O) groups excluding carboxylic acids is 1. The molecule has 0 radical (unpaired) electrons. The molecule has 3 unspecified atom stereocenters. The Labute approximate surface area is 151 Å². The fraction of sp³-hybridized carbons (Fsp3) is 0.350. The lowest BCUT2D eigenvalue weighted by molar-refractivity contribution is -0.126. The molecule has 1 aliphatic rings. The van der Waals surface area contributed by atoms with Gasteiger partial charge in [-0.3, -0.25) is 4.79 Å². The van der Waals surface area contributed by atoms with Crippen molar-refractivity contribution in [3.05, 3.63) is 63.7 Å². The van der Waals surface area contributed by atoms with Crippen LogP contribution in [0.5, 0.6) is 0 Å². The van der Waals surface area contributed by atoms with Crippen LogP contribution in [0, 0.1) is 15.4 Å². The number of anilines is 1. The third kappa shape index (κ3) is 4.14. The number of hydrogen-bond acceptors (Lipinski definition) is 2. The Kier molecular flexibility index (Phi) is 5.36. The second-order valence-electron chi connectivity index (χ2n) is 6.49. The molecule has 0 heterocycles. The van der Waals surface area contributed by atoms with Crippen molar-refractivity contribution in [2.75, 3.05) is 5.32 Å². The predicted octanol–water partition coefficient (Wildman–Crippen LogP) is 5.45. The van der Waals surface area contributed by atoms with Gasteiger partial charge in [0.25, 0.3) is 0 Å². The van der Waals surface area contributed by atoms with Crippen molar-refractivity contribution in [3.8, 4) is 0 Å². The van der Waals surface area contributed by atoms with Crippen LogP contribution in [-0.2, 0) is 4.79 Å². The molecule has 2 aromatic rings. The fourth-order valence-corrected chi connectivity index (χ4v) is 3.74. The first-order chi connectivity index (χ1) is 11.1. The van der Waals surface area contributed by atoms with E-state index in [0.29, 0.717) is 18.1 Å². The van der Waals surface area contributed by atoms with E-state index in [9.17, 15) is 4.79 Å². The number of nitrogens with one attached hydrogen (secondary N) is 1. The number of rotatable bonds is 4. The minimum atomic E-state index is 0.0477. The minimum absolute atomic E-state index is 0.0477. The summed E-state index contributed by atoms with van der Waals surface area (Å²) in [6.07, 6.45) is 2.71. The molecule has 0 aliphatic heterocycles. The van der Waals surface area contributed by atoms with Crippen LogP contribution in [0.4, 0.5) is 5.69 Å². The van der Waals surface area contributed by atoms with Crippen molar-refractivity contribution >= 4 is 34.1 Å². The average molecular weight is 419 g/mol. The summed E-state index contributed by atoms with van der Waals surface area (Å²) >= 11 is 2.31. The normalized spacial score (nSPS) is 22.6. The van der Waals surface area contributed by atoms with Crippen LogP contribution in [0.1, 0.15) is 37.8 Å².